The van der Waals surface area contributed by atoms with Gasteiger partial charge in [0.25, 0.3) is 0 Å². The molecule has 0 N–H and O–H groups in total. The summed E-state index contributed by atoms with van der Waals surface area (Å²) in [6.45, 7) is 4.27. The first-order valence-corrected chi connectivity index (χ1v) is 10.6. The van der Waals surface area contributed by atoms with Crippen LogP contribution in [0.25, 0.3) is 16.0 Å². The van der Waals surface area contributed by atoms with Gasteiger partial charge in [0.05, 0.1) is 7.11 Å². The maximum Gasteiger partial charge on any atom is 0.348 e. The van der Waals surface area contributed by atoms with Gasteiger partial charge in [0.15, 0.2) is 0 Å². The number of hydrogen-bond acceptors (Lipinski definition) is 4. The topological polar surface area (TPSA) is 29.5 Å². The lowest BCUT2D eigenvalue weighted by atomic mass is 9.90. The summed E-state index contributed by atoms with van der Waals surface area (Å²) in [4.78, 5) is 16.8. The number of methoxy groups -OCH3 is 1. The number of hydrogen-bond donors (Lipinski definition) is 0. The fraction of sp³-hybridized carbons (Fsp3) is 0.435. The molecule has 3 nitrogen and oxygen atoms in total. The molecule has 2 aromatic rings. The molecule has 0 unspecified atom stereocenters. The number of likely N-dealkylation sites (N-methyl/N-ethyl adjacent to an activating group) is 1. The third-order valence-corrected chi connectivity index (χ3v) is 6.36. The van der Waals surface area contributed by atoms with Crippen LogP contribution in [0.15, 0.2) is 42.0 Å². The first-order chi connectivity index (χ1) is 13.1. The minimum atomic E-state index is -0.225. The Kier molecular flexibility index (Phi) is 6.86. The highest BCUT2D eigenvalue weighted by Crippen LogP contribution is 2.39. The van der Waals surface area contributed by atoms with E-state index < -0.39 is 0 Å². The molecule has 3 rings (SSSR count). The molecule has 0 radical (unpaired) electrons. The molecule has 0 saturated carbocycles. The number of thiophene rings is 1. The van der Waals surface area contributed by atoms with Crippen molar-refractivity contribution in [1.29, 1.82) is 0 Å². The van der Waals surface area contributed by atoms with E-state index in [9.17, 15) is 4.79 Å². The van der Waals surface area contributed by atoms with Crippen LogP contribution >= 0.6 is 11.3 Å². The quantitative estimate of drug-likeness (QED) is 0.442. The largest absolute Gasteiger partial charge is 0.465 e. The van der Waals surface area contributed by atoms with Crippen molar-refractivity contribution in [2.75, 3.05) is 27.2 Å². The Balaban J connectivity index is 2.05. The van der Waals surface area contributed by atoms with Crippen LogP contribution in [0, 0.1) is 0 Å². The van der Waals surface area contributed by atoms with Crippen LogP contribution in [-0.2, 0) is 4.74 Å². The second-order valence-corrected chi connectivity index (χ2v) is 8.29. The van der Waals surface area contributed by atoms with Crippen molar-refractivity contribution in [3.8, 4) is 10.4 Å². The smallest absolute Gasteiger partial charge is 0.348 e. The third kappa shape index (κ3) is 4.69. The number of benzene rings is 1. The fourth-order valence-electron chi connectivity index (χ4n) is 3.73. The molecule has 0 aliphatic carbocycles. The van der Waals surface area contributed by atoms with Crippen LogP contribution in [-0.4, -0.2) is 38.1 Å². The van der Waals surface area contributed by atoms with Gasteiger partial charge < -0.3 is 9.64 Å². The SMILES string of the molecule is CCCCCC1=C(c2cc(-c3ccccc3)sc2C(=O)OC)CCN(C)C1. The Morgan fingerprint density at radius 3 is 2.70 bits per heavy atom. The second kappa shape index (κ2) is 9.34. The summed E-state index contributed by atoms with van der Waals surface area (Å²) in [5, 5.41) is 0. The normalized spacial score (nSPS) is 15.2. The highest BCUT2D eigenvalue weighted by molar-refractivity contribution is 7.17. The maximum atomic E-state index is 12.5. The zero-order chi connectivity index (χ0) is 19.2. The second-order valence-electron chi connectivity index (χ2n) is 7.24. The lowest BCUT2D eigenvalue weighted by molar-refractivity contribution is 0.0606. The molecule has 0 atom stereocenters. The number of nitrogens with zero attached hydrogens (tertiary/aromatic N) is 1. The Labute approximate surface area is 166 Å². The third-order valence-electron chi connectivity index (χ3n) is 5.20. The molecule has 27 heavy (non-hydrogen) atoms. The van der Waals surface area contributed by atoms with Gasteiger partial charge in [-0.25, -0.2) is 4.79 Å². The number of carbonyl (C=O) groups is 1. The summed E-state index contributed by atoms with van der Waals surface area (Å²) in [5.74, 6) is -0.225. The van der Waals surface area contributed by atoms with E-state index in [0.29, 0.717) is 0 Å². The zero-order valence-electron chi connectivity index (χ0n) is 16.6. The van der Waals surface area contributed by atoms with Crippen LogP contribution in [0.4, 0.5) is 0 Å². The van der Waals surface area contributed by atoms with Crippen LogP contribution in [0.3, 0.4) is 0 Å². The first-order valence-electron chi connectivity index (χ1n) is 9.81. The Hall–Kier alpha value is -1.91. The summed E-state index contributed by atoms with van der Waals surface area (Å²) in [5.41, 5.74) is 5.09. The number of ether oxygens (including phenoxy) is 1. The average Bonchev–Trinajstić information content (AvgIpc) is 3.13. The number of carbonyl (C=O) groups excluding carboxylic acids is 1. The van der Waals surface area contributed by atoms with Crippen LogP contribution in [0.5, 0.6) is 0 Å². The summed E-state index contributed by atoms with van der Waals surface area (Å²) < 4.78 is 5.11. The lowest BCUT2D eigenvalue weighted by Crippen LogP contribution is -2.27. The summed E-state index contributed by atoms with van der Waals surface area (Å²) >= 11 is 1.55. The van der Waals surface area contributed by atoms with E-state index in [1.165, 1.54) is 37.5 Å². The lowest BCUT2D eigenvalue weighted by Gasteiger charge is -2.28. The van der Waals surface area contributed by atoms with Crippen LogP contribution < -0.4 is 0 Å². The molecule has 1 aromatic heterocycles. The minimum absolute atomic E-state index is 0.225. The molecule has 0 amide bonds. The van der Waals surface area contributed by atoms with Crippen molar-refractivity contribution in [2.45, 2.75) is 39.0 Å². The van der Waals surface area contributed by atoms with Gasteiger partial charge in [-0.1, -0.05) is 55.7 Å². The first kappa shape index (κ1) is 19.8. The molecule has 0 spiro atoms. The predicted octanol–water partition coefficient (Wildman–Crippen LogP) is 5.87. The highest BCUT2D eigenvalue weighted by Gasteiger charge is 2.25. The highest BCUT2D eigenvalue weighted by atomic mass is 32.1. The number of rotatable bonds is 7. The molecule has 1 aliphatic rings. The van der Waals surface area contributed by atoms with Crippen molar-refractivity contribution in [1.82, 2.24) is 4.90 Å². The van der Waals surface area contributed by atoms with Gasteiger partial charge in [-0.15, -0.1) is 11.3 Å². The van der Waals surface area contributed by atoms with Gasteiger partial charge in [0.2, 0.25) is 0 Å². The molecule has 2 heterocycles. The Morgan fingerprint density at radius 1 is 1.22 bits per heavy atom. The molecule has 0 fully saturated rings. The van der Waals surface area contributed by atoms with Crippen molar-refractivity contribution in [3.63, 3.8) is 0 Å². The van der Waals surface area contributed by atoms with Crippen LogP contribution in [0.1, 0.15) is 54.3 Å². The van der Waals surface area contributed by atoms with Crippen molar-refractivity contribution >= 4 is 22.9 Å². The van der Waals surface area contributed by atoms with Crippen LogP contribution in [0.2, 0.25) is 0 Å². The molecule has 0 bridgehead atoms. The number of esters is 1. The van der Waals surface area contributed by atoms with Crippen molar-refractivity contribution in [3.05, 3.63) is 52.4 Å². The van der Waals surface area contributed by atoms with E-state index in [1.807, 2.05) is 18.2 Å². The summed E-state index contributed by atoms with van der Waals surface area (Å²) in [6, 6.07) is 12.5. The molecule has 144 valence electrons. The van der Waals surface area contributed by atoms with Gasteiger partial charge in [-0.2, -0.15) is 0 Å². The monoisotopic (exact) mass is 383 g/mol. The Morgan fingerprint density at radius 2 is 2.00 bits per heavy atom. The maximum absolute atomic E-state index is 12.5. The molecule has 1 aliphatic heterocycles. The van der Waals surface area contributed by atoms with E-state index in [2.05, 4.69) is 37.1 Å². The fourth-order valence-corrected chi connectivity index (χ4v) is 4.84. The van der Waals surface area contributed by atoms with Gasteiger partial charge in [0, 0.05) is 23.5 Å². The average molecular weight is 384 g/mol. The van der Waals surface area contributed by atoms with E-state index >= 15 is 0 Å². The summed E-state index contributed by atoms with van der Waals surface area (Å²) in [7, 11) is 3.65. The van der Waals surface area contributed by atoms with E-state index in [1.54, 1.807) is 11.3 Å². The van der Waals surface area contributed by atoms with Crippen molar-refractivity contribution in [2.24, 2.45) is 0 Å². The van der Waals surface area contributed by atoms with E-state index in [4.69, 9.17) is 4.74 Å². The Bertz CT molecular complexity index is 807. The van der Waals surface area contributed by atoms with Gasteiger partial charge >= 0.3 is 5.97 Å². The minimum Gasteiger partial charge on any atom is -0.465 e. The van der Waals surface area contributed by atoms with Gasteiger partial charge in [-0.3, -0.25) is 0 Å². The number of unbranched alkanes of at least 4 members (excludes halogenated alkanes) is 2. The zero-order valence-corrected chi connectivity index (χ0v) is 17.4. The standard InChI is InChI=1S/C23H29NO2S/c1-4-5-7-12-18-16-24(2)14-13-19(18)20-15-21(17-10-8-6-9-11-17)27-22(20)23(25)26-3/h6,8-11,15H,4-5,7,12-14,16H2,1-3H3. The van der Waals surface area contributed by atoms with Gasteiger partial charge in [-0.05, 0) is 43.5 Å². The predicted molar refractivity (Wildman–Crippen MR) is 114 cm³/mol. The van der Waals surface area contributed by atoms with Crippen molar-refractivity contribution < 1.29 is 9.53 Å². The molecule has 1 aromatic carbocycles. The molecule has 4 heteroatoms. The van der Waals surface area contributed by atoms with Gasteiger partial charge in [0.1, 0.15) is 4.88 Å². The molecular formula is C23H29NO2S. The molecule has 0 saturated heterocycles. The molecular weight excluding hydrogens is 354 g/mol. The van der Waals surface area contributed by atoms with E-state index in [0.717, 1.165) is 46.8 Å². The summed E-state index contributed by atoms with van der Waals surface area (Å²) in [6.07, 6.45) is 5.80. The van der Waals surface area contributed by atoms with E-state index in [-0.39, 0.29) is 5.97 Å².